The van der Waals surface area contributed by atoms with Crippen molar-refractivity contribution >= 4 is 24.0 Å². The van der Waals surface area contributed by atoms with E-state index >= 15 is 0 Å². The minimum Gasteiger partial charge on any atom is -0.480 e. The first kappa shape index (κ1) is 30.8. The lowest BCUT2D eigenvalue weighted by Gasteiger charge is -2.27. The number of likely N-dealkylation sites (tertiary alicyclic amines) is 1. The number of carbonyl (C=O) groups is 4. The number of carbonyl (C=O) groups excluding carboxylic acids is 2. The van der Waals surface area contributed by atoms with Gasteiger partial charge < -0.3 is 31.2 Å². The maximum absolute atomic E-state index is 11.8. The Labute approximate surface area is 200 Å². The Hall–Kier alpha value is -3.18. The molecule has 1 aliphatic rings. The molecule has 2 rings (SSSR count). The van der Waals surface area contributed by atoms with Crippen molar-refractivity contribution in [1.82, 2.24) is 4.90 Å². The van der Waals surface area contributed by atoms with Crippen LogP contribution in [0.3, 0.4) is 0 Å². The monoisotopic (exact) mass is 483 g/mol. The fourth-order valence-corrected chi connectivity index (χ4v) is 2.64. The van der Waals surface area contributed by atoms with Gasteiger partial charge in [0.25, 0.3) is 0 Å². The maximum Gasteiger partial charge on any atom is 0.411 e. The van der Waals surface area contributed by atoms with Gasteiger partial charge in [-0.1, -0.05) is 30.3 Å². The van der Waals surface area contributed by atoms with Gasteiger partial charge >= 0.3 is 24.0 Å². The number of benzene rings is 1. The fraction of sp³-hybridized carbons (Fsp3) is 0.565. The van der Waals surface area contributed by atoms with E-state index < -0.39 is 41.8 Å². The highest BCUT2D eigenvalue weighted by atomic mass is 16.6. The van der Waals surface area contributed by atoms with Gasteiger partial charge in [0.15, 0.2) is 0 Å². The number of esters is 1. The number of nitrogens with two attached hydrogens (primary N) is 2. The third kappa shape index (κ3) is 12.8. The smallest absolute Gasteiger partial charge is 0.411 e. The molecule has 3 atom stereocenters. The molecule has 1 aliphatic heterocycles. The predicted octanol–water partition coefficient (Wildman–Crippen LogP) is 1.62. The lowest BCUT2D eigenvalue weighted by Crippen LogP contribution is -2.43. The standard InChI is InChI=1S/C11H19NO4.C9H11NO2.C3H7NO2/c1-11(2,3)16-10(14)12-7-5-6-8(12)9(13)15-4;10-8(9(11)12)6-7-4-2-1-3-5-7;1-2(4)3(5)6/h8H,5-7H2,1-4H3;1-5,8H,6,10H2,(H,11,12);2H,4H2,1H3,(H,5,6)/t2*8-;2-/m000/s1. The van der Waals surface area contributed by atoms with Crippen LogP contribution in [0.15, 0.2) is 30.3 Å². The Morgan fingerprint density at radius 1 is 1.09 bits per heavy atom. The number of amides is 1. The van der Waals surface area contributed by atoms with E-state index in [4.69, 9.17) is 26.4 Å². The lowest BCUT2D eigenvalue weighted by molar-refractivity contribution is -0.145. The maximum atomic E-state index is 11.8. The Morgan fingerprint density at radius 2 is 1.62 bits per heavy atom. The summed E-state index contributed by atoms with van der Waals surface area (Å²) in [5.41, 5.74) is 10.6. The molecule has 11 nitrogen and oxygen atoms in total. The summed E-state index contributed by atoms with van der Waals surface area (Å²) < 4.78 is 9.88. The minimum absolute atomic E-state index is 0.372. The summed E-state index contributed by atoms with van der Waals surface area (Å²) in [5, 5.41) is 16.4. The first-order chi connectivity index (χ1) is 15.7. The molecule has 34 heavy (non-hydrogen) atoms. The average Bonchev–Trinajstić information content (AvgIpc) is 3.23. The Morgan fingerprint density at radius 3 is 2.03 bits per heavy atom. The molecule has 1 fully saturated rings. The van der Waals surface area contributed by atoms with Crippen molar-refractivity contribution in [2.45, 2.75) is 70.7 Å². The van der Waals surface area contributed by atoms with Gasteiger partial charge in [0.2, 0.25) is 0 Å². The number of rotatable bonds is 5. The van der Waals surface area contributed by atoms with Gasteiger partial charge in [-0.2, -0.15) is 0 Å². The van der Waals surface area contributed by atoms with Crippen molar-refractivity contribution in [3.63, 3.8) is 0 Å². The number of carboxylic acids is 2. The van der Waals surface area contributed by atoms with Crippen LogP contribution < -0.4 is 11.5 Å². The zero-order valence-corrected chi connectivity index (χ0v) is 20.4. The minimum atomic E-state index is -0.963. The number of methoxy groups -OCH3 is 1. The van der Waals surface area contributed by atoms with Crippen LogP contribution in [0.4, 0.5) is 4.79 Å². The predicted molar refractivity (Wildman–Crippen MR) is 125 cm³/mol. The molecule has 11 heteroatoms. The van der Waals surface area contributed by atoms with Crippen LogP contribution >= 0.6 is 0 Å². The van der Waals surface area contributed by atoms with Crippen LogP contribution in [-0.4, -0.2) is 76.5 Å². The third-order valence-electron chi connectivity index (χ3n) is 4.36. The van der Waals surface area contributed by atoms with E-state index in [1.54, 1.807) is 20.8 Å². The van der Waals surface area contributed by atoms with Crippen LogP contribution in [0.5, 0.6) is 0 Å². The van der Waals surface area contributed by atoms with Crippen molar-refractivity contribution in [2.24, 2.45) is 11.5 Å². The molecule has 0 aromatic heterocycles. The Balaban J connectivity index is 0.000000532. The molecule has 0 saturated carbocycles. The Bertz CT molecular complexity index is 793. The van der Waals surface area contributed by atoms with Crippen LogP contribution in [0, 0.1) is 0 Å². The van der Waals surface area contributed by atoms with Crippen molar-refractivity contribution in [2.75, 3.05) is 13.7 Å². The van der Waals surface area contributed by atoms with Gasteiger partial charge in [-0.3, -0.25) is 14.5 Å². The highest BCUT2D eigenvalue weighted by molar-refractivity contribution is 5.82. The molecule has 6 N–H and O–H groups in total. The number of nitrogens with zero attached hydrogens (tertiary/aromatic N) is 1. The second-order valence-electron chi connectivity index (χ2n) is 8.62. The normalized spacial score (nSPS) is 16.6. The highest BCUT2D eigenvalue weighted by Gasteiger charge is 2.37. The van der Waals surface area contributed by atoms with Crippen LogP contribution in [-0.2, 0) is 30.3 Å². The van der Waals surface area contributed by atoms with E-state index in [-0.39, 0.29) is 5.97 Å². The molecule has 192 valence electrons. The zero-order valence-electron chi connectivity index (χ0n) is 20.4. The third-order valence-corrected chi connectivity index (χ3v) is 4.36. The summed E-state index contributed by atoms with van der Waals surface area (Å²) >= 11 is 0. The summed E-state index contributed by atoms with van der Waals surface area (Å²) in [6.45, 7) is 7.37. The van der Waals surface area contributed by atoms with Crippen LogP contribution in [0.25, 0.3) is 0 Å². The Kier molecular flexibility index (Phi) is 13.5. The molecule has 0 bridgehead atoms. The molecule has 1 aromatic carbocycles. The fourth-order valence-electron chi connectivity index (χ4n) is 2.64. The van der Waals surface area contributed by atoms with Crippen molar-refractivity contribution in [1.29, 1.82) is 0 Å². The van der Waals surface area contributed by atoms with Gasteiger partial charge in [0, 0.05) is 6.54 Å². The largest absolute Gasteiger partial charge is 0.480 e. The van der Waals surface area contributed by atoms with E-state index in [0.29, 0.717) is 19.4 Å². The molecule has 1 saturated heterocycles. The number of hydrogen-bond acceptors (Lipinski definition) is 8. The molecule has 0 unspecified atom stereocenters. The summed E-state index contributed by atoms with van der Waals surface area (Å²) in [7, 11) is 1.33. The number of ether oxygens (including phenoxy) is 2. The highest BCUT2D eigenvalue weighted by Crippen LogP contribution is 2.21. The van der Waals surface area contributed by atoms with Crippen LogP contribution in [0.1, 0.15) is 46.1 Å². The summed E-state index contributed by atoms with van der Waals surface area (Å²) in [6, 6.07) is 7.33. The summed E-state index contributed by atoms with van der Waals surface area (Å²) in [4.78, 5) is 44.6. The number of hydrogen-bond donors (Lipinski definition) is 4. The van der Waals surface area contributed by atoms with Gasteiger partial charge in [0.1, 0.15) is 23.7 Å². The van der Waals surface area contributed by atoms with Gasteiger partial charge in [-0.15, -0.1) is 0 Å². The second-order valence-corrected chi connectivity index (χ2v) is 8.62. The molecule has 0 radical (unpaired) electrons. The molecular formula is C23H37N3O8. The first-order valence-corrected chi connectivity index (χ1v) is 10.8. The van der Waals surface area contributed by atoms with Crippen molar-refractivity contribution in [3.8, 4) is 0 Å². The molecule has 0 spiro atoms. The molecule has 1 aromatic rings. The average molecular weight is 484 g/mol. The zero-order chi connectivity index (χ0) is 26.5. The number of carboxylic acid groups (broad SMARTS) is 2. The van der Waals surface area contributed by atoms with Gasteiger partial charge in [-0.25, -0.2) is 9.59 Å². The van der Waals surface area contributed by atoms with Crippen molar-refractivity contribution < 1.29 is 38.9 Å². The van der Waals surface area contributed by atoms with E-state index in [9.17, 15) is 19.2 Å². The van der Waals surface area contributed by atoms with Gasteiger partial charge in [-0.05, 0) is 52.5 Å². The molecule has 1 heterocycles. The van der Waals surface area contributed by atoms with Gasteiger partial charge in [0.05, 0.1) is 7.11 Å². The summed E-state index contributed by atoms with van der Waals surface area (Å²) in [6.07, 6.45) is 1.39. The SMILES string of the molecule is COC(=O)[C@@H]1CCCN1C(=O)OC(C)(C)C.C[C@H](N)C(=O)O.N[C@@H](Cc1ccccc1)C(=O)O. The van der Waals surface area contributed by atoms with E-state index in [1.807, 2.05) is 30.3 Å². The second kappa shape index (κ2) is 14.9. The first-order valence-electron chi connectivity index (χ1n) is 10.8. The van der Waals surface area contributed by atoms with Crippen molar-refractivity contribution in [3.05, 3.63) is 35.9 Å². The number of aliphatic carboxylic acids is 2. The quantitative estimate of drug-likeness (QED) is 0.449. The topological polar surface area (TPSA) is 182 Å². The van der Waals surface area contributed by atoms with E-state index in [0.717, 1.165) is 12.0 Å². The molecular weight excluding hydrogens is 446 g/mol. The molecule has 0 aliphatic carbocycles. The lowest BCUT2D eigenvalue weighted by atomic mass is 10.1. The molecule has 1 amide bonds. The van der Waals surface area contributed by atoms with E-state index in [1.165, 1.54) is 18.9 Å². The summed E-state index contributed by atoms with van der Waals surface area (Å²) in [5.74, 6) is -2.29. The van der Waals surface area contributed by atoms with Crippen LogP contribution in [0.2, 0.25) is 0 Å². The van der Waals surface area contributed by atoms with E-state index in [2.05, 4.69) is 4.74 Å².